The fraction of sp³-hybridized carbons (Fsp3) is 0.667. The van der Waals surface area contributed by atoms with E-state index >= 15 is 0 Å². The number of hydrogen-bond acceptors (Lipinski definition) is 5. The van der Waals surface area contributed by atoms with E-state index in [1.807, 2.05) is 13.8 Å². The molecule has 0 spiro atoms. The van der Waals surface area contributed by atoms with Crippen molar-refractivity contribution in [2.75, 3.05) is 52.5 Å². The van der Waals surface area contributed by atoms with Crippen LogP contribution in [0.15, 0.2) is 29.3 Å². The molecule has 0 radical (unpaired) electrons. The fourth-order valence-electron chi connectivity index (χ4n) is 3.08. The molecular formula is C21H36FIN4O3. The number of morpholine rings is 1. The van der Waals surface area contributed by atoms with Gasteiger partial charge in [-0.05, 0) is 32.4 Å². The fourth-order valence-corrected chi connectivity index (χ4v) is 3.08. The second-order valence-corrected chi connectivity index (χ2v) is 7.54. The van der Waals surface area contributed by atoms with E-state index in [2.05, 4.69) is 20.5 Å². The van der Waals surface area contributed by atoms with Gasteiger partial charge in [0.2, 0.25) is 0 Å². The van der Waals surface area contributed by atoms with Gasteiger partial charge >= 0.3 is 0 Å². The van der Waals surface area contributed by atoms with Gasteiger partial charge in [-0.2, -0.15) is 0 Å². The second-order valence-electron chi connectivity index (χ2n) is 7.54. The molecule has 2 unspecified atom stereocenters. The van der Waals surface area contributed by atoms with Crippen molar-refractivity contribution in [3.05, 3.63) is 30.1 Å². The van der Waals surface area contributed by atoms with Crippen molar-refractivity contribution < 1.29 is 19.0 Å². The summed E-state index contributed by atoms with van der Waals surface area (Å²) in [5.74, 6) is 0.479. The summed E-state index contributed by atoms with van der Waals surface area (Å²) >= 11 is 0. The molecule has 0 aromatic heterocycles. The first kappa shape index (κ1) is 26.9. The number of β-amino-alcohol motifs (C(OH)–C–C–N with tert-alkyl or cyclic N) is 1. The number of benzene rings is 1. The number of para-hydroxylation sites is 1. The van der Waals surface area contributed by atoms with Crippen LogP contribution in [0.2, 0.25) is 0 Å². The molecule has 0 bridgehead atoms. The average molecular weight is 538 g/mol. The Balaban J connectivity index is 0.00000450. The van der Waals surface area contributed by atoms with Gasteiger partial charge in [0.15, 0.2) is 17.5 Å². The van der Waals surface area contributed by atoms with Crippen LogP contribution >= 0.6 is 24.0 Å². The van der Waals surface area contributed by atoms with Crippen LogP contribution in [-0.2, 0) is 4.74 Å². The summed E-state index contributed by atoms with van der Waals surface area (Å²) in [7, 11) is 0. The minimum atomic E-state index is -0.937. The Labute approximate surface area is 196 Å². The normalized spacial score (nSPS) is 18.1. The molecule has 1 aliphatic heterocycles. The standard InChI is InChI=1S/C21H35FN4O3.HI/c1-4-17(29-19-9-7-6-8-18(19)22)14-24-20(23-5-2)25-15-21(3,27)16-26-10-12-28-13-11-26;/h6-9,17,27H,4-5,10-16H2,1-3H3,(H2,23,24,25);1H. The lowest BCUT2D eigenvalue weighted by Gasteiger charge is -2.33. The van der Waals surface area contributed by atoms with Gasteiger partial charge in [-0.25, -0.2) is 4.39 Å². The molecule has 3 N–H and O–H groups in total. The van der Waals surface area contributed by atoms with E-state index in [1.165, 1.54) is 6.07 Å². The first-order valence-corrected chi connectivity index (χ1v) is 10.4. The van der Waals surface area contributed by atoms with Gasteiger partial charge in [-0.15, -0.1) is 24.0 Å². The summed E-state index contributed by atoms with van der Waals surface area (Å²) in [6.07, 6.45) is 0.514. The highest BCUT2D eigenvalue weighted by Crippen LogP contribution is 2.17. The van der Waals surface area contributed by atoms with Crippen LogP contribution in [0.1, 0.15) is 27.2 Å². The first-order valence-electron chi connectivity index (χ1n) is 10.4. The number of aliphatic hydroxyl groups is 1. The highest BCUT2D eigenvalue weighted by molar-refractivity contribution is 14.0. The van der Waals surface area contributed by atoms with E-state index < -0.39 is 5.60 Å². The third-order valence-corrected chi connectivity index (χ3v) is 4.67. The van der Waals surface area contributed by atoms with Gasteiger partial charge in [0.1, 0.15) is 6.10 Å². The maximum absolute atomic E-state index is 13.8. The van der Waals surface area contributed by atoms with Crippen molar-refractivity contribution in [1.29, 1.82) is 0 Å². The van der Waals surface area contributed by atoms with Crippen molar-refractivity contribution in [3.63, 3.8) is 0 Å². The van der Waals surface area contributed by atoms with Crippen LogP contribution < -0.4 is 15.4 Å². The summed E-state index contributed by atoms with van der Waals surface area (Å²) < 4.78 is 25.0. The molecule has 1 aromatic carbocycles. The predicted molar refractivity (Wildman–Crippen MR) is 128 cm³/mol. The SMILES string of the molecule is CCNC(=NCC(C)(O)CN1CCOCC1)NCC(CC)Oc1ccccc1F.I. The lowest BCUT2D eigenvalue weighted by Crippen LogP contribution is -2.48. The number of ether oxygens (including phenoxy) is 2. The van der Waals surface area contributed by atoms with Crippen LogP contribution in [0, 0.1) is 5.82 Å². The average Bonchev–Trinajstić information content (AvgIpc) is 2.71. The van der Waals surface area contributed by atoms with Crippen LogP contribution in [0.25, 0.3) is 0 Å². The Kier molecular flexibility index (Phi) is 12.5. The van der Waals surface area contributed by atoms with Crippen LogP contribution in [-0.4, -0.2) is 80.2 Å². The van der Waals surface area contributed by atoms with Crippen molar-refractivity contribution in [2.24, 2.45) is 4.99 Å². The maximum atomic E-state index is 13.8. The van der Waals surface area contributed by atoms with Crippen LogP contribution in [0.5, 0.6) is 5.75 Å². The van der Waals surface area contributed by atoms with E-state index in [0.717, 1.165) is 19.5 Å². The Hall–Kier alpha value is -1.17. The van der Waals surface area contributed by atoms with Gasteiger partial charge < -0.3 is 25.2 Å². The summed E-state index contributed by atoms with van der Waals surface area (Å²) in [5, 5.41) is 17.1. The minimum absolute atomic E-state index is 0. The van der Waals surface area contributed by atoms with Crippen molar-refractivity contribution in [3.8, 4) is 5.75 Å². The summed E-state index contributed by atoms with van der Waals surface area (Å²) in [5.41, 5.74) is -0.937. The lowest BCUT2D eigenvalue weighted by molar-refractivity contribution is -0.0180. The van der Waals surface area contributed by atoms with E-state index in [9.17, 15) is 9.50 Å². The van der Waals surface area contributed by atoms with E-state index in [0.29, 0.717) is 38.8 Å². The minimum Gasteiger partial charge on any atom is -0.486 e. The van der Waals surface area contributed by atoms with Gasteiger partial charge in [-0.3, -0.25) is 9.89 Å². The zero-order valence-electron chi connectivity index (χ0n) is 18.2. The van der Waals surface area contributed by atoms with Gasteiger partial charge in [0.25, 0.3) is 0 Å². The molecule has 1 heterocycles. The molecule has 1 fully saturated rings. The van der Waals surface area contributed by atoms with Crippen LogP contribution in [0.4, 0.5) is 4.39 Å². The Morgan fingerprint density at radius 1 is 1.30 bits per heavy atom. The molecule has 0 saturated carbocycles. The number of halogens is 2. The lowest BCUT2D eigenvalue weighted by atomic mass is 10.1. The molecule has 0 aliphatic carbocycles. The molecule has 1 saturated heterocycles. The molecule has 172 valence electrons. The van der Waals surface area contributed by atoms with E-state index in [-0.39, 0.29) is 48.2 Å². The number of nitrogens with one attached hydrogen (secondary N) is 2. The topological polar surface area (TPSA) is 78.4 Å². The molecule has 2 atom stereocenters. The molecule has 7 nitrogen and oxygen atoms in total. The quantitative estimate of drug-likeness (QED) is 0.241. The molecule has 9 heteroatoms. The Bertz CT molecular complexity index is 642. The smallest absolute Gasteiger partial charge is 0.191 e. The monoisotopic (exact) mass is 538 g/mol. The molecule has 0 amide bonds. The van der Waals surface area contributed by atoms with E-state index in [4.69, 9.17) is 9.47 Å². The molecule has 1 aromatic rings. The first-order chi connectivity index (χ1) is 13.9. The van der Waals surface area contributed by atoms with Gasteiger partial charge in [0, 0.05) is 26.2 Å². The Morgan fingerprint density at radius 2 is 2.00 bits per heavy atom. The van der Waals surface area contributed by atoms with Crippen molar-refractivity contribution >= 4 is 29.9 Å². The zero-order valence-corrected chi connectivity index (χ0v) is 20.5. The summed E-state index contributed by atoms with van der Waals surface area (Å²) in [6.45, 7) is 10.8. The molecule has 2 rings (SSSR count). The molecule has 1 aliphatic rings. The number of guanidine groups is 1. The predicted octanol–water partition coefficient (Wildman–Crippen LogP) is 2.24. The molecule has 30 heavy (non-hydrogen) atoms. The third kappa shape index (κ3) is 9.76. The highest BCUT2D eigenvalue weighted by atomic mass is 127. The number of aliphatic imine (C=N–C) groups is 1. The number of nitrogens with zero attached hydrogens (tertiary/aromatic N) is 2. The number of rotatable bonds is 10. The summed E-state index contributed by atoms with van der Waals surface area (Å²) in [6, 6.07) is 6.40. The summed E-state index contributed by atoms with van der Waals surface area (Å²) in [4.78, 5) is 6.73. The maximum Gasteiger partial charge on any atom is 0.191 e. The largest absolute Gasteiger partial charge is 0.486 e. The van der Waals surface area contributed by atoms with Gasteiger partial charge in [-0.1, -0.05) is 19.1 Å². The Morgan fingerprint density at radius 3 is 2.63 bits per heavy atom. The van der Waals surface area contributed by atoms with E-state index in [1.54, 1.807) is 25.1 Å². The highest BCUT2D eigenvalue weighted by Gasteiger charge is 2.25. The zero-order chi connectivity index (χ0) is 21.1. The second kappa shape index (κ2) is 14.0. The van der Waals surface area contributed by atoms with Crippen molar-refractivity contribution in [1.82, 2.24) is 15.5 Å². The van der Waals surface area contributed by atoms with Crippen LogP contribution in [0.3, 0.4) is 0 Å². The van der Waals surface area contributed by atoms with Gasteiger partial charge in [0.05, 0.1) is 31.9 Å². The third-order valence-electron chi connectivity index (χ3n) is 4.67. The molecular weight excluding hydrogens is 502 g/mol. The number of hydrogen-bond donors (Lipinski definition) is 3. The van der Waals surface area contributed by atoms with Crippen molar-refractivity contribution in [2.45, 2.75) is 38.9 Å².